The highest BCUT2D eigenvalue weighted by Crippen LogP contribution is 2.22. The monoisotopic (exact) mass is 331 g/mol. The lowest BCUT2D eigenvalue weighted by molar-refractivity contribution is 0.0585. The van der Waals surface area contributed by atoms with Gasteiger partial charge in [0.2, 0.25) is 0 Å². The van der Waals surface area contributed by atoms with E-state index in [1.807, 2.05) is 17.9 Å². The van der Waals surface area contributed by atoms with Crippen molar-refractivity contribution in [3.8, 4) is 0 Å². The molecule has 1 amide bonds. The molecule has 0 spiro atoms. The van der Waals surface area contributed by atoms with Crippen LogP contribution in [-0.2, 0) is 7.05 Å². The van der Waals surface area contributed by atoms with Crippen LogP contribution >= 0.6 is 0 Å². The summed E-state index contributed by atoms with van der Waals surface area (Å²) in [5.41, 5.74) is 1.01. The minimum Gasteiger partial charge on any atom is -0.335 e. The number of pyridine rings is 1. The van der Waals surface area contributed by atoms with E-state index in [-0.39, 0.29) is 17.5 Å². The molecule has 1 atom stereocenters. The third-order valence-corrected chi connectivity index (χ3v) is 5.65. The van der Waals surface area contributed by atoms with Gasteiger partial charge in [0.25, 0.3) is 11.5 Å². The van der Waals surface area contributed by atoms with Crippen LogP contribution in [0.25, 0.3) is 0 Å². The van der Waals surface area contributed by atoms with Crippen molar-refractivity contribution in [2.24, 2.45) is 7.05 Å². The maximum Gasteiger partial charge on any atom is 0.263 e. The molecule has 5 nitrogen and oxygen atoms in total. The first-order valence-corrected chi connectivity index (χ1v) is 9.28. The SMILES string of the molecule is Cc1ccc(C(=O)N2CCCCC2CCN2CCCC2)c(=O)n1C. The van der Waals surface area contributed by atoms with Crippen LogP contribution in [0.5, 0.6) is 0 Å². The number of hydrogen-bond acceptors (Lipinski definition) is 3. The number of hydrogen-bond donors (Lipinski definition) is 0. The number of carbonyl (C=O) groups excluding carboxylic acids is 1. The second-order valence-electron chi connectivity index (χ2n) is 7.24. The minimum absolute atomic E-state index is 0.0817. The number of aromatic nitrogens is 1. The Balaban J connectivity index is 1.73. The zero-order valence-corrected chi connectivity index (χ0v) is 15.0. The van der Waals surface area contributed by atoms with Crippen molar-refractivity contribution in [2.45, 2.75) is 51.5 Å². The van der Waals surface area contributed by atoms with Gasteiger partial charge >= 0.3 is 0 Å². The van der Waals surface area contributed by atoms with Crippen molar-refractivity contribution in [1.82, 2.24) is 14.4 Å². The molecule has 0 radical (unpaired) electrons. The molecular formula is C19H29N3O2. The predicted molar refractivity (Wildman–Crippen MR) is 95.4 cm³/mol. The zero-order chi connectivity index (χ0) is 17.1. The van der Waals surface area contributed by atoms with Crippen LogP contribution in [0.4, 0.5) is 0 Å². The molecule has 0 aromatic carbocycles. The highest BCUT2D eigenvalue weighted by molar-refractivity contribution is 5.94. The van der Waals surface area contributed by atoms with E-state index < -0.39 is 0 Å². The average Bonchev–Trinajstić information content (AvgIpc) is 3.11. The Bertz CT molecular complexity index is 647. The smallest absolute Gasteiger partial charge is 0.263 e. The van der Waals surface area contributed by atoms with Gasteiger partial charge in [0, 0.05) is 31.9 Å². The minimum atomic E-state index is -0.177. The predicted octanol–water partition coefficient (Wildman–Crippen LogP) is 2.17. The fourth-order valence-corrected chi connectivity index (χ4v) is 3.95. The number of nitrogens with zero attached hydrogens (tertiary/aromatic N) is 3. The van der Waals surface area contributed by atoms with Crippen LogP contribution in [0.15, 0.2) is 16.9 Å². The fourth-order valence-electron chi connectivity index (χ4n) is 3.95. The molecular weight excluding hydrogens is 302 g/mol. The molecule has 2 aliphatic heterocycles. The Morgan fingerprint density at radius 1 is 1.12 bits per heavy atom. The van der Waals surface area contributed by atoms with Crippen LogP contribution < -0.4 is 5.56 Å². The van der Waals surface area contributed by atoms with Gasteiger partial charge in [0.15, 0.2) is 0 Å². The second-order valence-corrected chi connectivity index (χ2v) is 7.24. The van der Waals surface area contributed by atoms with Crippen molar-refractivity contribution in [2.75, 3.05) is 26.2 Å². The molecule has 24 heavy (non-hydrogen) atoms. The summed E-state index contributed by atoms with van der Waals surface area (Å²) in [6.07, 6.45) is 6.90. The van der Waals surface area contributed by atoms with Gasteiger partial charge in [-0.1, -0.05) is 0 Å². The van der Waals surface area contributed by atoms with Crippen molar-refractivity contribution in [1.29, 1.82) is 0 Å². The van der Waals surface area contributed by atoms with E-state index in [0.29, 0.717) is 5.56 Å². The molecule has 0 bridgehead atoms. The summed E-state index contributed by atoms with van der Waals surface area (Å²) in [4.78, 5) is 29.9. The van der Waals surface area contributed by atoms with Crippen molar-refractivity contribution in [3.05, 3.63) is 33.7 Å². The van der Waals surface area contributed by atoms with E-state index in [2.05, 4.69) is 4.90 Å². The first-order valence-electron chi connectivity index (χ1n) is 9.28. The molecule has 2 fully saturated rings. The van der Waals surface area contributed by atoms with Crippen molar-refractivity contribution >= 4 is 5.91 Å². The van der Waals surface area contributed by atoms with Gasteiger partial charge in [-0.2, -0.15) is 0 Å². The molecule has 2 aliphatic rings. The van der Waals surface area contributed by atoms with Crippen LogP contribution in [0.3, 0.4) is 0 Å². The highest BCUT2D eigenvalue weighted by atomic mass is 16.2. The van der Waals surface area contributed by atoms with Crippen LogP contribution in [-0.4, -0.2) is 52.5 Å². The van der Waals surface area contributed by atoms with E-state index in [4.69, 9.17) is 0 Å². The van der Waals surface area contributed by atoms with Crippen LogP contribution in [0.1, 0.15) is 54.6 Å². The first-order chi connectivity index (χ1) is 11.6. The summed E-state index contributed by atoms with van der Waals surface area (Å²) in [5, 5.41) is 0. The number of likely N-dealkylation sites (tertiary alicyclic amines) is 2. The third-order valence-electron chi connectivity index (χ3n) is 5.65. The molecule has 1 aromatic rings. The molecule has 1 aromatic heterocycles. The summed E-state index contributed by atoms with van der Waals surface area (Å²) in [7, 11) is 1.73. The van der Waals surface area contributed by atoms with E-state index in [0.717, 1.165) is 38.0 Å². The lowest BCUT2D eigenvalue weighted by Crippen LogP contribution is -2.47. The Kier molecular flexibility index (Phi) is 5.39. The Hall–Kier alpha value is -1.62. The number of rotatable bonds is 4. The van der Waals surface area contributed by atoms with Gasteiger partial charge in [-0.15, -0.1) is 0 Å². The molecule has 5 heteroatoms. The van der Waals surface area contributed by atoms with E-state index >= 15 is 0 Å². The van der Waals surface area contributed by atoms with Gasteiger partial charge in [-0.25, -0.2) is 0 Å². The largest absolute Gasteiger partial charge is 0.335 e. The van der Waals surface area contributed by atoms with Gasteiger partial charge in [0.05, 0.1) is 0 Å². The molecule has 3 rings (SSSR count). The van der Waals surface area contributed by atoms with Gasteiger partial charge in [0.1, 0.15) is 5.56 Å². The van der Waals surface area contributed by atoms with Gasteiger partial charge in [-0.3, -0.25) is 9.59 Å². The molecule has 3 heterocycles. The molecule has 0 N–H and O–H groups in total. The fraction of sp³-hybridized carbons (Fsp3) is 0.684. The normalized spacial score (nSPS) is 22.1. The number of carbonyl (C=O) groups is 1. The Labute approximate surface area is 144 Å². The maximum absolute atomic E-state index is 13.0. The van der Waals surface area contributed by atoms with Gasteiger partial charge in [-0.05, 0) is 70.7 Å². The summed E-state index contributed by atoms with van der Waals surface area (Å²) in [6.45, 7) is 6.12. The zero-order valence-electron chi connectivity index (χ0n) is 15.0. The summed E-state index contributed by atoms with van der Waals surface area (Å²) in [6, 6.07) is 3.84. The molecule has 132 valence electrons. The number of piperidine rings is 1. The topological polar surface area (TPSA) is 45.6 Å². The molecule has 2 saturated heterocycles. The Morgan fingerprint density at radius 2 is 1.83 bits per heavy atom. The van der Waals surface area contributed by atoms with Crippen LogP contribution in [0, 0.1) is 6.92 Å². The van der Waals surface area contributed by atoms with Crippen molar-refractivity contribution < 1.29 is 4.79 Å². The standard InChI is InChI=1S/C19H29N3O2/c1-15-8-9-17(18(23)20(15)2)19(24)22-13-4-3-7-16(22)10-14-21-11-5-6-12-21/h8-9,16H,3-7,10-14H2,1-2H3. The lowest BCUT2D eigenvalue weighted by Gasteiger charge is -2.36. The first kappa shape index (κ1) is 17.2. The molecule has 0 saturated carbocycles. The molecule has 0 aliphatic carbocycles. The summed E-state index contributed by atoms with van der Waals surface area (Å²) in [5.74, 6) is -0.0817. The lowest BCUT2D eigenvalue weighted by atomic mass is 9.98. The van der Waals surface area contributed by atoms with E-state index in [1.54, 1.807) is 17.7 Å². The number of amides is 1. The van der Waals surface area contributed by atoms with Gasteiger partial charge < -0.3 is 14.4 Å². The van der Waals surface area contributed by atoms with E-state index in [1.165, 1.54) is 32.4 Å². The number of aryl methyl sites for hydroxylation is 1. The summed E-state index contributed by atoms with van der Waals surface area (Å²) < 4.78 is 1.57. The third kappa shape index (κ3) is 3.56. The highest BCUT2D eigenvalue weighted by Gasteiger charge is 2.29. The Morgan fingerprint density at radius 3 is 2.58 bits per heavy atom. The summed E-state index contributed by atoms with van der Waals surface area (Å²) >= 11 is 0. The average molecular weight is 331 g/mol. The molecule has 1 unspecified atom stereocenters. The quantitative estimate of drug-likeness (QED) is 0.849. The maximum atomic E-state index is 13.0. The second kappa shape index (κ2) is 7.51. The van der Waals surface area contributed by atoms with Crippen molar-refractivity contribution in [3.63, 3.8) is 0 Å². The van der Waals surface area contributed by atoms with E-state index in [9.17, 15) is 9.59 Å². The van der Waals surface area contributed by atoms with Crippen LogP contribution in [0.2, 0.25) is 0 Å².